The van der Waals surface area contributed by atoms with Crippen LogP contribution in [0.15, 0.2) is 60.7 Å². The number of hydrogen-bond donors (Lipinski definition) is 2. The lowest BCUT2D eigenvalue weighted by Gasteiger charge is -2.12. The second-order valence-electron chi connectivity index (χ2n) is 6.92. The summed E-state index contributed by atoms with van der Waals surface area (Å²) in [7, 11) is 0. The summed E-state index contributed by atoms with van der Waals surface area (Å²) in [6, 6.07) is 18.8. The standard InChI is InChI=1S/C23H19NO4/c1-14-17(12-21(25)26)10-11-19-18-4-2-3-5-20(18)24(22(14)19)13-15-6-8-16(9-7-15)23(27)28/h2-11H,12-13H2,1H3,(H,25,26)(H,27,28). The second-order valence-corrected chi connectivity index (χ2v) is 6.92. The molecule has 0 radical (unpaired) electrons. The van der Waals surface area contributed by atoms with E-state index in [1.165, 1.54) is 0 Å². The molecule has 1 heterocycles. The lowest BCUT2D eigenvalue weighted by Crippen LogP contribution is -2.05. The average molecular weight is 373 g/mol. The van der Waals surface area contributed by atoms with Gasteiger partial charge in [-0.1, -0.05) is 42.5 Å². The lowest BCUT2D eigenvalue weighted by atomic mass is 10.0. The molecular formula is C23H19NO4. The van der Waals surface area contributed by atoms with Gasteiger partial charge in [-0.3, -0.25) is 4.79 Å². The van der Waals surface area contributed by atoms with Gasteiger partial charge in [0.15, 0.2) is 0 Å². The topological polar surface area (TPSA) is 79.5 Å². The van der Waals surface area contributed by atoms with Crippen LogP contribution in [0.3, 0.4) is 0 Å². The first-order valence-electron chi connectivity index (χ1n) is 8.99. The van der Waals surface area contributed by atoms with Gasteiger partial charge in [0.1, 0.15) is 0 Å². The number of carboxylic acids is 2. The predicted octanol–water partition coefficient (Wildman–Crippen LogP) is 4.48. The summed E-state index contributed by atoms with van der Waals surface area (Å²) in [5.41, 5.74) is 5.07. The Balaban J connectivity index is 1.91. The van der Waals surface area contributed by atoms with E-state index in [9.17, 15) is 14.7 Å². The van der Waals surface area contributed by atoms with Crippen molar-refractivity contribution in [1.82, 2.24) is 4.57 Å². The molecule has 0 atom stereocenters. The summed E-state index contributed by atoms with van der Waals surface area (Å²) < 4.78 is 2.18. The maximum Gasteiger partial charge on any atom is 0.335 e. The first kappa shape index (κ1) is 17.8. The van der Waals surface area contributed by atoms with Gasteiger partial charge in [-0.05, 0) is 41.8 Å². The number of aryl methyl sites for hydroxylation is 1. The highest BCUT2D eigenvalue weighted by atomic mass is 16.4. The molecule has 0 aliphatic heterocycles. The number of carboxylic acid groups (broad SMARTS) is 2. The maximum atomic E-state index is 11.2. The molecule has 2 N–H and O–H groups in total. The van der Waals surface area contributed by atoms with Crippen molar-refractivity contribution in [1.29, 1.82) is 0 Å². The Labute approximate surface area is 161 Å². The fraction of sp³-hybridized carbons (Fsp3) is 0.130. The van der Waals surface area contributed by atoms with Crippen LogP contribution in [0.25, 0.3) is 21.8 Å². The van der Waals surface area contributed by atoms with Crippen molar-refractivity contribution < 1.29 is 19.8 Å². The van der Waals surface area contributed by atoms with Gasteiger partial charge in [0.25, 0.3) is 0 Å². The normalized spacial score (nSPS) is 11.2. The summed E-state index contributed by atoms with van der Waals surface area (Å²) in [6.45, 7) is 2.53. The van der Waals surface area contributed by atoms with Crippen molar-refractivity contribution in [2.45, 2.75) is 19.9 Å². The summed E-state index contributed by atoms with van der Waals surface area (Å²) in [5.74, 6) is -1.80. The number of carbonyl (C=O) groups is 2. The first-order chi connectivity index (χ1) is 13.5. The van der Waals surface area contributed by atoms with E-state index in [1.807, 2.05) is 43.3 Å². The predicted molar refractivity (Wildman–Crippen MR) is 108 cm³/mol. The number of hydrogen-bond acceptors (Lipinski definition) is 2. The van der Waals surface area contributed by atoms with Crippen molar-refractivity contribution in [2.24, 2.45) is 0 Å². The number of aliphatic carboxylic acids is 1. The molecule has 1 aromatic heterocycles. The molecule has 0 aliphatic rings. The molecule has 0 amide bonds. The van der Waals surface area contributed by atoms with Gasteiger partial charge < -0.3 is 14.8 Å². The van der Waals surface area contributed by atoms with Gasteiger partial charge in [-0.2, -0.15) is 0 Å². The number of rotatable bonds is 5. The molecule has 0 unspecified atom stereocenters. The summed E-state index contributed by atoms with van der Waals surface area (Å²) >= 11 is 0. The Morgan fingerprint density at radius 2 is 1.61 bits per heavy atom. The van der Waals surface area contributed by atoms with Crippen molar-refractivity contribution in [3.05, 3.63) is 82.9 Å². The SMILES string of the molecule is Cc1c(CC(=O)O)ccc2c3ccccc3n(Cc3ccc(C(=O)O)cc3)c12. The van der Waals surface area contributed by atoms with E-state index in [1.54, 1.807) is 12.1 Å². The van der Waals surface area contributed by atoms with Crippen LogP contribution in [0.4, 0.5) is 0 Å². The van der Waals surface area contributed by atoms with E-state index < -0.39 is 11.9 Å². The molecule has 0 fully saturated rings. The van der Waals surface area contributed by atoms with E-state index in [0.29, 0.717) is 6.54 Å². The molecule has 0 saturated carbocycles. The van der Waals surface area contributed by atoms with Crippen LogP contribution in [-0.2, 0) is 17.8 Å². The zero-order chi connectivity index (χ0) is 19.8. The van der Waals surface area contributed by atoms with Crippen molar-refractivity contribution in [3.8, 4) is 0 Å². The summed E-state index contributed by atoms with van der Waals surface area (Å²) in [5, 5.41) is 20.5. The minimum absolute atomic E-state index is 0.0173. The number of fused-ring (bicyclic) bond motifs is 3. The van der Waals surface area contributed by atoms with E-state index in [2.05, 4.69) is 16.7 Å². The second kappa shape index (κ2) is 6.85. The molecular weight excluding hydrogens is 354 g/mol. The molecule has 5 heteroatoms. The van der Waals surface area contributed by atoms with Crippen LogP contribution in [0, 0.1) is 6.92 Å². The molecule has 0 spiro atoms. The van der Waals surface area contributed by atoms with Gasteiger partial charge in [0.2, 0.25) is 0 Å². The number of nitrogens with zero attached hydrogens (tertiary/aromatic N) is 1. The Morgan fingerprint density at radius 1 is 0.893 bits per heavy atom. The van der Waals surface area contributed by atoms with E-state index in [0.717, 1.165) is 38.5 Å². The Hall–Kier alpha value is -3.60. The summed E-state index contributed by atoms with van der Waals surface area (Å²) in [6.07, 6.45) is -0.0173. The van der Waals surface area contributed by atoms with Gasteiger partial charge in [0, 0.05) is 22.8 Å². The third-order valence-corrected chi connectivity index (χ3v) is 5.18. The number of benzene rings is 3. The quantitative estimate of drug-likeness (QED) is 0.541. The highest BCUT2D eigenvalue weighted by molar-refractivity contribution is 6.09. The van der Waals surface area contributed by atoms with Crippen LogP contribution < -0.4 is 0 Å². The zero-order valence-electron chi connectivity index (χ0n) is 15.3. The van der Waals surface area contributed by atoms with Gasteiger partial charge in [-0.25, -0.2) is 4.79 Å². The van der Waals surface area contributed by atoms with Crippen molar-refractivity contribution >= 4 is 33.7 Å². The van der Waals surface area contributed by atoms with Crippen molar-refractivity contribution in [2.75, 3.05) is 0 Å². The molecule has 3 aromatic carbocycles. The van der Waals surface area contributed by atoms with Crippen LogP contribution >= 0.6 is 0 Å². The number of aromatic nitrogens is 1. The van der Waals surface area contributed by atoms with Crippen LogP contribution in [-0.4, -0.2) is 26.7 Å². The van der Waals surface area contributed by atoms with Crippen LogP contribution in [0.5, 0.6) is 0 Å². The minimum Gasteiger partial charge on any atom is -0.481 e. The molecule has 0 aliphatic carbocycles. The highest BCUT2D eigenvalue weighted by Crippen LogP contribution is 2.33. The smallest absolute Gasteiger partial charge is 0.335 e. The molecule has 0 bridgehead atoms. The van der Waals surface area contributed by atoms with Crippen LogP contribution in [0.1, 0.15) is 27.0 Å². The highest BCUT2D eigenvalue weighted by Gasteiger charge is 2.16. The molecule has 28 heavy (non-hydrogen) atoms. The molecule has 4 rings (SSSR count). The minimum atomic E-state index is -0.947. The van der Waals surface area contributed by atoms with E-state index in [-0.39, 0.29) is 12.0 Å². The van der Waals surface area contributed by atoms with Gasteiger partial charge in [-0.15, -0.1) is 0 Å². The maximum absolute atomic E-state index is 11.2. The Kier molecular flexibility index (Phi) is 4.35. The zero-order valence-corrected chi connectivity index (χ0v) is 15.3. The summed E-state index contributed by atoms with van der Waals surface area (Å²) in [4.78, 5) is 22.3. The molecule has 140 valence electrons. The van der Waals surface area contributed by atoms with Crippen LogP contribution in [0.2, 0.25) is 0 Å². The van der Waals surface area contributed by atoms with E-state index >= 15 is 0 Å². The van der Waals surface area contributed by atoms with Crippen molar-refractivity contribution in [3.63, 3.8) is 0 Å². The number of aromatic carboxylic acids is 1. The molecule has 4 aromatic rings. The largest absolute Gasteiger partial charge is 0.481 e. The Bertz CT molecular complexity index is 1220. The fourth-order valence-electron chi connectivity index (χ4n) is 3.82. The molecule has 5 nitrogen and oxygen atoms in total. The monoisotopic (exact) mass is 373 g/mol. The Morgan fingerprint density at radius 3 is 2.29 bits per heavy atom. The van der Waals surface area contributed by atoms with Gasteiger partial charge in [0.05, 0.1) is 17.5 Å². The molecule has 0 saturated heterocycles. The number of para-hydroxylation sites is 1. The third kappa shape index (κ3) is 3.01. The average Bonchev–Trinajstić information content (AvgIpc) is 2.99. The van der Waals surface area contributed by atoms with Gasteiger partial charge >= 0.3 is 11.9 Å². The fourth-order valence-corrected chi connectivity index (χ4v) is 3.82. The lowest BCUT2D eigenvalue weighted by molar-refractivity contribution is -0.136. The first-order valence-corrected chi connectivity index (χ1v) is 8.99. The van der Waals surface area contributed by atoms with E-state index in [4.69, 9.17) is 5.11 Å². The third-order valence-electron chi connectivity index (χ3n) is 5.18.